The summed E-state index contributed by atoms with van der Waals surface area (Å²) < 4.78 is 0. The third-order valence-electron chi connectivity index (χ3n) is 1.03. The Kier molecular flexibility index (Phi) is 5.83. The highest BCUT2D eigenvalue weighted by Gasteiger charge is 2.02. The van der Waals surface area contributed by atoms with E-state index in [1.807, 2.05) is 0 Å². The number of hydrogen-bond donors (Lipinski definition) is 1. The van der Waals surface area contributed by atoms with Crippen molar-refractivity contribution in [2.24, 2.45) is 10.2 Å². The number of aliphatic hydroxyl groups excluding tert-OH is 1. The predicted molar refractivity (Wildman–Crippen MR) is 38.6 cm³/mol. The molecule has 0 rings (SSSR count). The second-order valence-electron chi connectivity index (χ2n) is 1.78. The lowest BCUT2D eigenvalue weighted by atomic mass is 10.2. The smallest absolute Gasteiger partial charge is 0.0451 e. The summed E-state index contributed by atoms with van der Waals surface area (Å²) in [7, 11) is 0. The highest BCUT2D eigenvalue weighted by atomic mass is 16.3. The molecule has 0 heterocycles. The number of hydrogen-bond acceptors (Lipinski definition) is 3. The summed E-state index contributed by atoms with van der Waals surface area (Å²) in [6, 6.07) is -0.430. The molecule has 0 aliphatic rings. The van der Waals surface area contributed by atoms with Crippen molar-refractivity contribution in [1.29, 1.82) is 0 Å². The maximum atomic E-state index is 8.44. The van der Waals surface area contributed by atoms with Gasteiger partial charge in [0.05, 0.1) is 0 Å². The Hall–Kier alpha value is -1.42. The monoisotopic (exact) mass is 156 g/mol. The number of nitrogens with zero attached hydrogens (tertiary/aromatic N) is 6. The molecule has 7 nitrogen and oxygen atoms in total. The van der Waals surface area contributed by atoms with Crippen molar-refractivity contribution in [3.05, 3.63) is 20.9 Å². The molecule has 0 aromatic heterocycles. The average molecular weight is 156 g/mol. The standard InChI is InChI=1S/C4H8N6O/c5-9-7-3-4(1-2-11)8-10-6/h4,11H,1-3H2. The molecule has 0 spiro atoms. The Balaban J connectivity index is 3.87. The molecule has 11 heavy (non-hydrogen) atoms. The number of aliphatic hydroxyl groups is 1. The van der Waals surface area contributed by atoms with Crippen LogP contribution >= 0.6 is 0 Å². The molecule has 60 valence electrons. The highest BCUT2D eigenvalue weighted by molar-refractivity contribution is 4.69. The third kappa shape index (κ3) is 5.05. The Bertz CT molecular complexity index is 191. The molecular weight excluding hydrogens is 148 g/mol. The van der Waals surface area contributed by atoms with E-state index in [0.717, 1.165) is 0 Å². The zero-order valence-corrected chi connectivity index (χ0v) is 5.83. The molecule has 0 aromatic carbocycles. The summed E-state index contributed by atoms with van der Waals surface area (Å²) in [5.74, 6) is 0. The molecule has 0 aliphatic heterocycles. The maximum Gasteiger partial charge on any atom is 0.0451 e. The van der Waals surface area contributed by atoms with Gasteiger partial charge in [-0.2, -0.15) is 0 Å². The van der Waals surface area contributed by atoms with Crippen molar-refractivity contribution >= 4 is 0 Å². The van der Waals surface area contributed by atoms with Crippen LogP contribution in [0.1, 0.15) is 6.42 Å². The van der Waals surface area contributed by atoms with Crippen LogP contribution in [0.2, 0.25) is 0 Å². The van der Waals surface area contributed by atoms with Gasteiger partial charge in [0.2, 0.25) is 0 Å². The van der Waals surface area contributed by atoms with Crippen LogP contribution in [0.4, 0.5) is 0 Å². The van der Waals surface area contributed by atoms with Crippen LogP contribution in [0.5, 0.6) is 0 Å². The average Bonchev–Trinajstić information content (AvgIpc) is 2.01. The first-order chi connectivity index (χ1) is 5.35. The Morgan fingerprint density at radius 1 is 1.36 bits per heavy atom. The van der Waals surface area contributed by atoms with Crippen molar-refractivity contribution in [2.45, 2.75) is 12.5 Å². The molecule has 7 heteroatoms. The van der Waals surface area contributed by atoms with Gasteiger partial charge >= 0.3 is 0 Å². The lowest BCUT2D eigenvalue weighted by Gasteiger charge is -2.02. The van der Waals surface area contributed by atoms with Crippen LogP contribution < -0.4 is 0 Å². The van der Waals surface area contributed by atoms with Crippen molar-refractivity contribution in [2.75, 3.05) is 13.2 Å². The van der Waals surface area contributed by atoms with Crippen molar-refractivity contribution < 1.29 is 5.11 Å². The third-order valence-corrected chi connectivity index (χ3v) is 1.03. The van der Waals surface area contributed by atoms with Crippen LogP contribution in [0.3, 0.4) is 0 Å². The minimum absolute atomic E-state index is 0.0787. The lowest BCUT2D eigenvalue weighted by Crippen LogP contribution is -2.09. The van der Waals surface area contributed by atoms with Crippen molar-refractivity contribution in [3.8, 4) is 0 Å². The van der Waals surface area contributed by atoms with Crippen molar-refractivity contribution in [1.82, 2.24) is 0 Å². The lowest BCUT2D eigenvalue weighted by molar-refractivity contribution is 0.276. The van der Waals surface area contributed by atoms with Crippen LogP contribution in [0.15, 0.2) is 10.2 Å². The molecular formula is C4H8N6O. The largest absolute Gasteiger partial charge is 0.396 e. The molecule has 0 bridgehead atoms. The highest BCUT2D eigenvalue weighted by Crippen LogP contribution is 1.98. The SMILES string of the molecule is [N-]=[N+]=NCC(CCO)N=[N+]=[N-]. The van der Waals surface area contributed by atoms with Gasteiger partial charge in [0, 0.05) is 29.0 Å². The molecule has 0 aromatic rings. The van der Waals surface area contributed by atoms with Crippen LogP contribution in [0.25, 0.3) is 20.9 Å². The Morgan fingerprint density at radius 2 is 2.09 bits per heavy atom. The molecule has 0 fully saturated rings. The minimum atomic E-state index is -0.430. The molecule has 0 radical (unpaired) electrons. The second kappa shape index (κ2) is 6.70. The van der Waals surface area contributed by atoms with E-state index >= 15 is 0 Å². The van der Waals surface area contributed by atoms with Gasteiger partial charge < -0.3 is 5.11 Å². The van der Waals surface area contributed by atoms with Gasteiger partial charge in [-0.1, -0.05) is 10.2 Å². The first-order valence-electron chi connectivity index (χ1n) is 3.01. The van der Waals surface area contributed by atoms with E-state index in [0.29, 0.717) is 6.42 Å². The molecule has 1 N–H and O–H groups in total. The summed E-state index contributed by atoms with van der Waals surface area (Å²) in [6.45, 7) is 0.0196. The van der Waals surface area contributed by atoms with E-state index in [1.165, 1.54) is 0 Å². The van der Waals surface area contributed by atoms with E-state index in [-0.39, 0.29) is 13.2 Å². The van der Waals surface area contributed by atoms with Crippen LogP contribution in [-0.4, -0.2) is 24.3 Å². The van der Waals surface area contributed by atoms with E-state index in [9.17, 15) is 0 Å². The summed E-state index contributed by atoms with van der Waals surface area (Å²) in [5, 5.41) is 15.0. The fourth-order valence-electron chi connectivity index (χ4n) is 0.538. The molecule has 0 aliphatic carbocycles. The molecule has 0 saturated heterocycles. The topological polar surface area (TPSA) is 118 Å². The molecule has 1 atom stereocenters. The number of rotatable bonds is 5. The summed E-state index contributed by atoms with van der Waals surface area (Å²) in [4.78, 5) is 5.04. The van der Waals surface area contributed by atoms with Gasteiger partial charge in [-0.05, 0) is 17.5 Å². The fraction of sp³-hybridized carbons (Fsp3) is 1.00. The molecule has 0 amide bonds. The van der Waals surface area contributed by atoms with Crippen molar-refractivity contribution in [3.63, 3.8) is 0 Å². The zero-order valence-electron chi connectivity index (χ0n) is 5.83. The maximum absolute atomic E-state index is 8.44. The van der Waals surface area contributed by atoms with Gasteiger partial charge in [-0.25, -0.2) is 0 Å². The van der Waals surface area contributed by atoms with Crippen LogP contribution in [0, 0.1) is 0 Å². The van der Waals surface area contributed by atoms with E-state index in [1.54, 1.807) is 0 Å². The Labute approximate surface area is 62.9 Å². The molecule has 0 saturated carbocycles. The second-order valence-corrected chi connectivity index (χ2v) is 1.78. The van der Waals surface area contributed by atoms with Gasteiger partial charge in [-0.15, -0.1) is 0 Å². The van der Waals surface area contributed by atoms with Gasteiger partial charge in [0.25, 0.3) is 0 Å². The fourth-order valence-corrected chi connectivity index (χ4v) is 0.538. The summed E-state index contributed by atoms with van der Waals surface area (Å²) in [5.41, 5.74) is 15.9. The van der Waals surface area contributed by atoms with Gasteiger partial charge in [0.15, 0.2) is 0 Å². The van der Waals surface area contributed by atoms with Gasteiger partial charge in [-0.3, -0.25) is 0 Å². The Morgan fingerprint density at radius 3 is 2.55 bits per heavy atom. The minimum Gasteiger partial charge on any atom is -0.396 e. The van der Waals surface area contributed by atoms with Crippen LogP contribution in [-0.2, 0) is 0 Å². The van der Waals surface area contributed by atoms with E-state index in [4.69, 9.17) is 16.2 Å². The zero-order chi connectivity index (χ0) is 8.53. The number of azide groups is 2. The first kappa shape index (κ1) is 9.58. The van der Waals surface area contributed by atoms with E-state index < -0.39 is 6.04 Å². The molecule has 1 unspecified atom stereocenters. The summed E-state index contributed by atoms with van der Waals surface area (Å²) in [6.07, 6.45) is 0.322. The predicted octanol–water partition coefficient (Wildman–Crippen LogP) is 1.36. The normalized spacial score (nSPS) is 11.0. The first-order valence-corrected chi connectivity index (χ1v) is 3.01. The quantitative estimate of drug-likeness (QED) is 0.361. The van der Waals surface area contributed by atoms with E-state index in [2.05, 4.69) is 20.1 Å². The summed E-state index contributed by atoms with van der Waals surface area (Å²) >= 11 is 0. The van der Waals surface area contributed by atoms with Gasteiger partial charge in [0.1, 0.15) is 0 Å².